The summed E-state index contributed by atoms with van der Waals surface area (Å²) in [4.78, 5) is 9.49. The van der Waals surface area contributed by atoms with Crippen LogP contribution < -0.4 is 4.74 Å². The molecule has 0 atom stereocenters. The van der Waals surface area contributed by atoms with E-state index in [-0.39, 0.29) is 5.75 Å². The van der Waals surface area contributed by atoms with Crippen molar-refractivity contribution in [1.82, 2.24) is 14.5 Å². The van der Waals surface area contributed by atoms with Gasteiger partial charge in [-0.05, 0) is 42.8 Å². The summed E-state index contributed by atoms with van der Waals surface area (Å²) in [5.41, 5.74) is 4.73. The average Bonchev–Trinajstić information content (AvgIpc) is 3.24. The normalized spacial score (nSPS) is 11.9. The molecule has 4 aromatic rings. The third-order valence-electron chi connectivity index (χ3n) is 4.39. The molecule has 2 aromatic carbocycles. The largest absolute Gasteiger partial charge is 0.504 e. The number of aromatic hydroxyl groups is 1. The van der Waals surface area contributed by atoms with E-state index in [9.17, 15) is 5.11 Å². The molecule has 2 heterocycles. The minimum atomic E-state index is 0.103. The first kappa shape index (κ1) is 17.3. The number of benzene rings is 2. The number of hydrogen-bond donors (Lipinski definition) is 1. The Bertz CT molecular complexity index is 1160. The first-order chi connectivity index (χ1) is 13.1. The van der Waals surface area contributed by atoms with Crippen LogP contribution >= 0.6 is 11.3 Å². The number of methoxy groups -OCH3 is 1. The first-order valence-corrected chi connectivity index (χ1v) is 9.38. The molecule has 4 rings (SSSR count). The maximum atomic E-state index is 10.1. The van der Waals surface area contributed by atoms with E-state index in [2.05, 4.69) is 15.6 Å². The number of aryl methyl sites for hydroxylation is 2. The smallest absolute Gasteiger partial charge is 0.160 e. The molecule has 0 unspecified atom stereocenters. The van der Waals surface area contributed by atoms with Gasteiger partial charge in [-0.1, -0.05) is 18.2 Å². The van der Waals surface area contributed by atoms with Crippen molar-refractivity contribution in [1.29, 1.82) is 0 Å². The standard InChI is InChI=1S/C21H19N3O2S/c1-13-12-27-21(22-13)15(10-14-8-9-19(26-3)18(25)11-14)20-23-16-6-4-5-7-17(16)24(20)2/h4-12,25H,1-3H3. The summed E-state index contributed by atoms with van der Waals surface area (Å²) in [5.74, 6) is 1.38. The van der Waals surface area contributed by atoms with Crippen molar-refractivity contribution in [3.05, 3.63) is 69.9 Å². The van der Waals surface area contributed by atoms with Crippen molar-refractivity contribution >= 4 is 34.0 Å². The summed E-state index contributed by atoms with van der Waals surface area (Å²) in [5, 5.41) is 13.0. The molecule has 2 aromatic heterocycles. The number of phenolic OH excluding ortho intramolecular Hbond substituents is 1. The zero-order valence-corrected chi connectivity index (χ0v) is 16.1. The van der Waals surface area contributed by atoms with Gasteiger partial charge in [0.05, 0.1) is 23.7 Å². The Kier molecular flexibility index (Phi) is 4.41. The molecule has 0 amide bonds. The van der Waals surface area contributed by atoms with Crippen LogP contribution in [0.15, 0.2) is 47.8 Å². The molecule has 0 aliphatic heterocycles. The number of ether oxygens (including phenoxy) is 1. The van der Waals surface area contributed by atoms with Crippen molar-refractivity contribution in [2.75, 3.05) is 7.11 Å². The number of rotatable bonds is 4. The van der Waals surface area contributed by atoms with Crippen molar-refractivity contribution in [2.45, 2.75) is 6.92 Å². The van der Waals surface area contributed by atoms with Crippen LogP contribution in [0.25, 0.3) is 22.7 Å². The zero-order valence-electron chi connectivity index (χ0n) is 15.3. The van der Waals surface area contributed by atoms with Crippen molar-refractivity contribution < 1.29 is 9.84 Å². The highest BCUT2D eigenvalue weighted by Gasteiger charge is 2.17. The fourth-order valence-electron chi connectivity index (χ4n) is 3.05. The van der Waals surface area contributed by atoms with Gasteiger partial charge in [-0.15, -0.1) is 11.3 Å². The lowest BCUT2D eigenvalue weighted by atomic mass is 10.1. The monoisotopic (exact) mass is 377 g/mol. The second kappa shape index (κ2) is 6.89. The molecule has 0 radical (unpaired) electrons. The Labute approximate surface area is 161 Å². The zero-order chi connectivity index (χ0) is 19.0. The van der Waals surface area contributed by atoms with Gasteiger partial charge < -0.3 is 14.4 Å². The average molecular weight is 377 g/mol. The summed E-state index contributed by atoms with van der Waals surface area (Å²) in [6, 6.07) is 13.4. The van der Waals surface area contributed by atoms with Crippen LogP contribution in [-0.2, 0) is 7.05 Å². The third-order valence-corrected chi connectivity index (χ3v) is 5.38. The van der Waals surface area contributed by atoms with Crippen LogP contribution in [0.4, 0.5) is 0 Å². The van der Waals surface area contributed by atoms with Gasteiger partial charge in [-0.2, -0.15) is 0 Å². The molecule has 0 aliphatic rings. The SMILES string of the molecule is COc1ccc(C=C(c2nc(C)cs2)c2nc3ccccc3n2C)cc1O. The predicted molar refractivity (Wildman–Crippen MR) is 109 cm³/mol. The van der Waals surface area contributed by atoms with Gasteiger partial charge in [0.15, 0.2) is 11.5 Å². The van der Waals surface area contributed by atoms with Crippen LogP contribution in [0.5, 0.6) is 11.5 Å². The Morgan fingerprint density at radius 1 is 1.19 bits per heavy atom. The van der Waals surface area contributed by atoms with Gasteiger partial charge in [0, 0.05) is 18.1 Å². The lowest BCUT2D eigenvalue weighted by molar-refractivity contribution is 0.373. The molecule has 0 saturated heterocycles. The fourth-order valence-corrected chi connectivity index (χ4v) is 3.86. The minimum Gasteiger partial charge on any atom is -0.504 e. The van der Waals surface area contributed by atoms with Crippen LogP contribution in [0.1, 0.15) is 22.1 Å². The van der Waals surface area contributed by atoms with E-state index in [1.807, 2.05) is 49.7 Å². The summed E-state index contributed by atoms with van der Waals surface area (Å²) >= 11 is 1.58. The van der Waals surface area contributed by atoms with E-state index in [0.29, 0.717) is 5.75 Å². The van der Waals surface area contributed by atoms with Gasteiger partial charge in [-0.3, -0.25) is 0 Å². The van der Waals surface area contributed by atoms with Crippen LogP contribution in [0.3, 0.4) is 0 Å². The molecular weight excluding hydrogens is 358 g/mol. The van der Waals surface area contributed by atoms with E-state index in [4.69, 9.17) is 9.72 Å². The molecule has 136 valence electrons. The number of phenols is 1. The number of thiazole rings is 1. The number of imidazole rings is 1. The Morgan fingerprint density at radius 2 is 2.00 bits per heavy atom. The molecule has 0 aliphatic carbocycles. The molecule has 27 heavy (non-hydrogen) atoms. The maximum Gasteiger partial charge on any atom is 0.160 e. The quantitative estimate of drug-likeness (QED) is 0.563. The second-order valence-corrected chi connectivity index (χ2v) is 7.12. The van der Waals surface area contributed by atoms with Crippen LogP contribution in [0, 0.1) is 6.92 Å². The molecule has 6 heteroatoms. The van der Waals surface area contributed by atoms with Crippen molar-refractivity contribution in [2.24, 2.45) is 7.05 Å². The highest BCUT2D eigenvalue weighted by molar-refractivity contribution is 7.11. The minimum absolute atomic E-state index is 0.103. The van der Waals surface area contributed by atoms with E-state index in [1.165, 1.54) is 7.11 Å². The highest BCUT2D eigenvalue weighted by atomic mass is 32.1. The third kappa shape index (κ3) is 3.19. The van der Waals surface area contributed by atoms with Crippen molar-refractivity contribution in [3.63, 3.8) is 0 Å². The number of fused-ring (bicyclic) bond motifs is 1. The van der Waals surface area contributed by atoms with Gasteiger partial charge in [0.2, 0.25) is 0 Å². The number of aromatic nitrogens is 3. The molecule has 5 nitrogen and oxygen atoms in total. The van der Waals surface area contributed by atoms with E-state index in [0.717, 1.165) is 38.7 Å². The van der Waals surface area contributed by atoms with Gasteiger partial charge >= 0.3 is 0 Å². The van der Waals surface area contributed by atoms with Gasteiger partial charge in [0.25, 0.3) is 0 Å². The molecular formula is C21H19N3O2S. The molecule has 0 spiro atoms. The summed E-state index contributed by atoms with van der Waals surface area (Å²) < 4.78 is 7.21. The predicted octanol–water partition coefficient (Wildman–Crippen LogP) is 4.64. The molecule has 1 N–H and O–H groups in total. The number of para-hydroxylation sites is 2. The van der Waals surface area contributed by atoms with Gasteiger partial charge in [0.1, 0.15) is 10.8 Å². The van der Waals surface area contributed by atoms with E-state index in [1.54, 1.807) is 23.5 Å². The highest BCUT2D eigenvalue weighted by Crippen LogP contribution is 2.32. The van der Waals surface area contributed by atoms with Crippen molar-refractivity contribution in [3.8, 4) is 11.5 Å². The van der Waals surface area contributed by atoms with E-state index < -0.39 is 0 Å². The number of nitrogens with zero attached hydrogens (tertiary/aromatic N) is 3. The van der Waals surface area contributed by atoms with Crippen LogP contribution in [0.2, 0.25) is 0 Å². The number of hydrogen-bond acceptors (Lipinski definition) is 5. The first-order valence-electron chi connectivity index (χ1n) is 8.50. The topological polar surface area (TPSA) is 60.2 Å². The lowest BCUT2D eigenvalue weighted by Crippen LogP contribution is -1.99. The lowest BCUT2D eigenvalue weighted by Gasteiger charge is -2.07. The summed E-state index contributed by atoms with van der Waals surface area (Å²) in [6.45, 7) is 1.98. The van der Waals surface area contributed by atoms with E-state index >= 15 is 0 Å². The molecule has 0 fully saturated rings. The Balaban J connectivity index is 1.92. The molecule has 0 bridgehead atoms. The second-order valence-electron chi connectivity index (χ2n) is 6.27. The summed E-state index contributed by atoms with van der Waals surface area (Å²) in [6.07, 6.45) is 2.00. The van der Waals surface area contributed by atoms with Crippen LogP contribution in [-0.4, -0.2) is 26.8 Å². The summed E-state index contributed by atoms with van der Waals surface area (Å²) in [7, 11) is 3.54. The Hall–Kier alpha value is -3.12. The maximum absolute atomic E-state index is 10.1. The van der Waals surface area contributed by atoms with Gasteiger partial charge in [-0.25, -0.2) is 9.97 Å². The fraction of sp³-hybridized carbons (Fsp3) is 0.143. The molecule has 0 saturated carbocycles. The Morgan fingerprint density at radius 3 is 2.67 bits per heavy atom.